The van der Waals surface area contributed by atoms with Crippen LogP contribution >= 0.6 is 0 Å². The molecule has 0 unspecified atom stereocenters. The first kappa shape index (κ1) is 43.8. The number of fused-ring (bicyclic) bond motifs is 6. The minimum absolute atomic E-state index is 0.00873. The summed E-state index contributed by atoms with van der Waals surface area (Å²) >= 11 is 0. The van der Waals surface area contributed by atoms with E-state index in [-0.39, 0.29) is 28.8 Å². The molecule has 4 nitrogen and oxygen atoms in total. The van der Waals surface area contributed by atoms with Crippen molar-refractivity contribution in [2.24, 2.45) is 0 Å². The topological polar surface area (TPSA) is 46.5 Å². The highest BCUT2D eigenvalue weighted by atomic mass is 19.4. The quantitative estimate of drug-likeness (QED) is 0.161. The maximum absolute atomic E-state index is 14.4. The molecule has 10 aromatic rings. The molecule has 3 aromatic heterocycles. The van der Waals surface area contributed by atoms with Gasteiger partial charge in [0.1, 0.15) is 0 Å². The Morgan fingerprint density at radius 1 is 0.397 bits per heavy atom. The average molecular weight is 935 g/mol. The smallest absolute Gasteiger partial charge is 0.308 e. The molecule has 0 aliphatic heterocycles. The number of benzene rings is 7. The summed E-state index contributed by atoms with van der Waals surface area (Å²) in [5, 5.41) is 12.6. The second-order valence-corrected chi connectivity index (χ2v) is 15.9. The first-order valence-electron chi connectivity index (χ1n) is 20.4. The van der Waals surface area contributed by atoms with Gasteiger partial charge in [-0.1, -0.05) is 60.7 Å². The zero-order valence-electron chi connectivity index (χ0n) is 34.3. The maximum atomic E-state index is 14.4. The summed E-state index contributed by atoms with van der Waals surface area (Å²) in [6.45, 7) is 0. The third-order valence-electron chi connectivity index (χ3n) is 11.9. The molecule has 16 heteroatoms. The van der Waals surface area contributed by atoms with E-state index in [1.807, 2.05) is 9.13 Å². The standard InChI is InChI=1S/C52H26F12N4/c53-49(54,55)32-11-13-34(40(25-32)51(59,60)61)30-9-15-44-38(23-30)36-5-1-3-7-42(36)67(44)46-21-28(27-65)22-47(48(46)29-17-19-66-20-18-29)68-43-8-4-2-6-37(43)39-24-31(10-16-45(39)68)35-14-12-33(50(56,57)58)26-41(35)52(62,63)64/h1-26H. The summed E-state index contributed by atoms with van der Waals surface area (Å²) in [6, 6.07) is 34.6. The predicted octanol–water partition coefficient (Wildman–Crippen LogP) is 16.2. The van der Waals surface area contributed by atoms with E-state index < -0.39 is 58.1 Å². The van der Waals surface area contributed by atoms with Crippen molar-refractivity contribution >= 4 is 43.6 Å². The SMILES string of the molecule is N#Cc1cc(-n2c3ccccc3c3cc(-c4ccc(C(F)(F)F)cc4C(F)(F)F)ccc32)c(-c2ccncc2)c(-n2c3ccccc3c3cc(-c4ccc(C(F)(F)F)cc4C(F)(F)F)ccc32)c1. The summed E-state index contributed by atoms with van der Waals surface area (Å²) in [5.41, 5.74) is -2.76. The van der Waals surface area contributed by atoms with E-state index in [0.29, 0.717) is 78.2 Å². The zero-order valence-corrected chi connectivity index (χ0v) is 34.3. The Hall–Kier alpha value is -8.06. The molecule has 0 radical (unpaired) electrons. The van der Waals surface area contributed by atoms with Gasteiger partial charge in [-0.3, -0.25) is 4.98 Å². The fraction of sp³-hybridized carbons (Fsp3) is 0.0769. The van der Waals surface area contributed by atoms with Gasteiger partial charge in [0.25, 0.3) is 0 Å². The van der Waals surface area contributed by atoms with E-state index in [0.717, 1.165) is 12.1 Å². The first-order valence-corrected chi connectivity index (χ1v) is 20.4. The van der Waals surface area contributed by atoms with E-state index in [1.165, 1.54) is 24.3 Å². The van der Waals surface area contributed by atoms with Crippen molar-refractivity contribution < 1.29 is 52.7 Å². The summed E-state index contributed by atoms with van der Waals surface area (Å²) in [7, 11) is 0. The van der Waals surface area contributed by atoms with Gasteiger partial charge in [0, 0.05) is 39.5 Å². The van der Waals surface area contributed by atoms with Crippen LogP contribution in [0.4, 0.5) is 52.7 Å². The van der Waals surface area contributed by atoms with Gasteiger partial charge in [-0.05, 0) is 113 Å². The Morgan fingerprint density at radius 2 is 0.809 bits per heavy atom. The average Bonchev–Trinajstić information content (AvgIpc) is 3.82. The van der Waals surface area contributed by atoms with Crippen LogP contribution in [-0.4, -0.2) is 14.1 Å². The molecule has 0 saturated carbocycles. The summed E-state index contributed by atoms with van der Waals surface area (Å²) in [4.78, 5) is 4.20. The first-order chi connectivity index (χ1) is 32.2. The van der Waals surface area contributed by atoms with E-state index in [9.17, 15) is 57.9 Å². The monoisotopic (exact) mass is 934 g/mol. The third kappa shape index (κ3) is 7.34. The maximum Gasteiger partial charge on any atom is 0.417 e. The number of pyridine rings is 1. The molecule has 0 atom stereocenters. The number of rotatable bonds is 5. The Labute approximate surface area is 376 Å². The minimum Gasteiger partial charge on any atom is -0.308 e. The Bertz CT molecular complexity index is 3480. The summed E-state index contributed by atoms with van der Waals surface area (Å²) in [5.74, 6) is 0. The van der Waals surface area contributed by atoms with Crippen molar-refractivity contribution in [3.05, 3.63) is 186 Å². The lowest BCUT2D eigenvalue weighted by molar-refractivity contribution is -0.144. The van der Waals surface area contributed by atoms with Crippen LogP contribution in [0.25, 0.3) is 88.4 Å². The fourth-order valence-electron chi connectivity index (χ4n) is 9.06. The van der Waals surface area contributed by atoms with E-state index in [1.54, 1.807) is 97.3 Å². The van der Waals surface area contributed by atoms with Crippen LogP contribution in [0.15, 0.2) is 158 Å². The van der Waals surface area contributed by atoms with Crippen LogP contribution in [0.1, 0.15) is 27.8 Å². The lowest BCUT2D eigenvalue weighted by Gasteiger charge is -2.21. The van der Waals surface area contributed by atoms with Crippen LogP contribution in [0, 0.1) is 11.3 Å². The van der Waals surface area contributed by atoms with Crippen LogP contribution < -0.4 is 0 Å². The molecule has 0 spiro atoms. The van der Waals surface area contributed by atoms with E-state index >= 15 is 0 Å². The molecule has 0 aliphatic carbocycles. The number of halogens is 12. The largest absolute Gasteiger partial charge is 0.417 e. The number of nitriles is 1. The van der Waals surface area contributed by atoms with Crippen molar-refractivity contribution in [2.45, 2.75) is 24.7 Å². The number of nitrogens with zero attached hydrogens (tertiary/aromatic N) is 4. The van der Waals surface area contributed by atoms with E-state index in [2.05, 4.69) is 11.1 Å². The Balaban J connectivity index is 1.25. The number of hydrogen-bond acceptors (Lipinski definition) is 2. The van der Waals surface area contributed by atoms with Gasteiger partial charge in [-0.25, -0.2) is 0 Å². The molecule has 3 heterocycles. The van der Waals surface area contributed by atoms with Crippen LogP contribution in [0.3, 0.4) is 0 Å². The molecular weight excluding hydrogens is 909 g/mol. The number of aromatic nitrogens is 3. The molecule has 0 saturated heterocycles. The van der Waals surface area contributed by atoms with Gasteiger partial charge in [0.05, 0.1) is 67.3 Å². The molecule has 0 bridgehead atoms. The Morgan fingerprint density at radius 3 is 1.21 bits per heavy atom. The summed E-state index contributed by atoms with van der Waals surface area (Å²) in [6.07, 6.45) is -17.3. The van der Waals surface area contributed by atoms with Crippen LogP contribution in [0.5, 0.6) is 0 Å². The molecule has 0 amide bonds. The van der Waals surface area contributed by atoms with Crippen LogP contribution in [0.2, 0.25) is 0 Å². The number of para-hydroxylation sites is 2. The van der Waals surface area contributed by atoms with Gasteiger partial charge >= 0.3 is 24.7 Å². The normalized spacial score (nSPS) is 12.7. The molecule has 0 N–H and O–H groups in total. The van der Waals surface area contributed by atoms with Crippen molar-refractivity contribution in [3.8, 4) is 50.8 Å². The van der Waals surface area contributed by atoms with Crippen molar-refractivity contribution in [2.75, 3.05) is 0 Å². The second kappa shape index (κ2) is 15.5. The van der Waals surface area contributed by atoms with Gasteiger partial charge in [-0.15, -0.1) is 0 Å². The van der Waals surface area contributed by atoms with Gasteiger partial charge in [0.15, 0.2) is 0 Å². The second-order valence-electron chi connectivity index (χ2n) is 15.9. The number of hydrogen-bond donors (Lipinski definition) is 0. The number of alkyl halides is 12. The van der Waals surface area contributed by atoms with Gasteiger partial charge in [0.2, 0.25) is 0 Å². The lowest BCUT2D eigenvalue weighted by atomic mass is 9.95. The molecule has 10 rings (SSSR count). The minimum atomic E-state index is -5.14. The highest BCUT2D eigenvalue weighted by molar-refractivity contribution is 6.13. The molecule has 7 aromatic carbocycles. The molecule has 0 fully saturated rings. The predicted molar refractivity (Wildman–Crippen MR) is 234 cm³/mol. The van der Waals surface area contributed by atoms with Crippen molar-refractivity contribution in [1.29, 1.82) is 5.26 Å². The molecule has 68 heavy (non-hydrogen) atoms. The summed E-state index contributed by atoms with van der Waals surface area (Å²) < 4.78 is 172. The molecular formula is C52H26F12N4. The van der Waals surface area contributed by atoms with Crippen molar-refractivity contribution in [3.63, 3.8) is 0 Å². The Kier molecular flexibility index (Phi) is 9.99. The molecule has 338 valence electrons. The zero-order chi connectivity index (χ0) is 48.1. The van der Waals surface area contributed by atoms with Crippen LogP contribution in [-0.2, 0) is 24.7 Å². The third-order valence-corrected chi connectivity index (χ3v) is 11.9. The van der Waals surface area contributed by atoms with Gasteiger partial charge < -0.3 is 9.13 Å². The highest BCUT2D eigenvalue weighted by Crippen LogP contribution is 2.47. The molecule has 0 aliphatic rings. The van der Waals surface area contributed by atoms with Gasteiger partial charge in [-0.2, -0.15) is 57.9 Å². The highest BCUT2D eigenvalue weighted by Gasteiger charge is 2.40. The fourth-order valence-corrected chi connectivity index (χ4v) is 9.06. The van der Waals surface area contributed by atoms with E-state index in [4.69, 9.17) is 0 Å². The lowest BCUT2D eigenvalue weighted by Crippen LogP contribution is -2.12. The van der Waals surface area contributed by atoms with Crippen molar-refractivity contribution in [1.82, 2.24) is 14.1 Å².